The highest BCUT2D eigenvalue weighted by Gasteiger charge is 2.20. The Labute approximate surface area is 180 Å². The molecule has 2 amide bonds. The molecule has 1 unspecified atom stereocenters. The summed E-state index contributed by atoms with van der Waals surface area (Å²) < 4.78 is 0. The van der Waals surface area contributed by atoms with Gasteiger partial charge in [-0.05, 0) is 53.8 Å². The first kappa shape index (κ1) is 23.2. The summed E-state index contributed by atoms with van der Waals surface area (Å²) in [7, 11) is 0. The van der Waals surface area contributed by atoms with E-state index in [1.807, 2.05) is 12.1 Å². The van der Waals surface area contributed by atoms with Crippen LogP contribution in [0.15, 0.2) is 54.2 Å². The summed E-state index contributed by atoms with van der Waals surface area (Å²) in [6.45, 7) is 7.56. The Morgan fingerprint density at radius 1 is 1.00 bits per heavy atom. The standard InChI is InChI=1S/C23H25ClN2O4/c1-14(22(29)30)25-21(28)19(13-15-5-11-18(24)12-6-15)26-20(27)16-7-9-17(10-8-16)23(2,3)4/h5-14H,1-4H3,(H,25,28)(H,26,27)(H,29,30)/b19-13+. The number of aliphatic carboxylic acids is 1. The maximum atomic E-state index is 12.7. The Balaban J connectivity index is 2.29. The monoisotopic (exact) mass is 428 g/mol. The number of benzene rings is 2. The molecule has 3 N–H and O–H groups in total. The lowest BCUT2D eigenvalue weighted by Crippen LogP contribution is -2.42. The fourth-order valence-corrected chi connectivity index (χ4v) is 2.66. The third-order valence-electron chi connectivity index (χ3n) is 4.40. The molecule has 7 heteroatoms. The number of carboxylic acids is 1. The van der Waals surface area contributed by atoms with E-state index in [0.29, 0.717) is 16.1 Å². The molecule has 0 aliphatic rings. The molecule has 0 bridgehead atoms. The third kappa shape index (κ3) is 6.46. The fraction of sp³-hybridized carbons (Fsp3) is 0.261. The summed E-state index contributed by atoms with van der Waals surface area (Å²) in [6, 6.07) is 12.6. The van der Waals surface area contributed by atoms with Gasteiger partial charge < -0.3 is 15.7 Å². The molecule has 2 rings (SSSR count). The van der Waals surface area contributed by atoms with Crippen LogP contribution in [-0.4, -0.2) is 28.9 Å². The van der Waals surface area contributed by atoms with Crippen molar-refractivity contribution in [2.24, 2.45) is 0 Å². The highest BCUT2D eigenvalue weighted by molar-refractivity contribution is 6.30. The lowest BCUT2D eigenvalue weighted by molar-refractivity contribution is -0.140. The lowest BCUT2D eigenvalue weighted by Gasteiger charge is -2.19. The Morgan fingerprint density at radius 3 is 2.07 bits per heavy atom. The molecular formula is C23H25ClN2O4. The zero-order chi connectivity index (χ0) is 22.5. The van der Waals surface area contributed by atoms with Crippen molar-refractivity contribution in [1.29, 1.82) is 0 Å². The number of carboxylic acid groups (broad SMARTS) is 1. The molecule has 0 saturated carbocycles. The normalized spacial score (nSPS) is 12.8. The summed E-state index contributed by atoms with van der Waals surface area (Å²) in [5, 5.41) is 14.5. The fourth-order valence-electron chi connectivity index (χ4n) is 2.54. The molecule has 30 heavy (non-hydrogen) atoms. The van der Waals surface area contributed by atoms with Gasteiger partial charge in [0.1, 0.15) is 11.7 Å². The summed E-state index contributed by atoms with van der Waals surface area (Å²) in [6.07, 6.45) is 1.46. The zero-order valence-electron chi connectivity index (χ0n) is 17.3. The maximum Gasteiger partial charge on any atom is 0.325 e. The molecule has 0 radical (unpaired) electrons. The van der Waals surface area contributed by atoms with Gasteiger partial charge in [0.2, 0.25) is 0 Å². The first-order chi connectivity index (χ1) is 14.0. The minimum atomic E-state index is -1.18. The van der Waals surface area contributed by atoms with Crippen LogP contribution in [0, 0.1) is 0 Å². The van der Waals surface area contributed by atoms with Crippen molar-refractivity contribution in [2.75, 3.05) is 0 Å². The van der Waals surface area contributed by atoms with E-state index in [2.05, 4.69) is 31.4 Å². The van der Waals surface area contributed by atoms with Gasteiger partial charge in [0, 0.05) is 10.6 Å². The Bertz CT molecular complexity index is 958. The number of carbonyl (C=O) groups excluding carboxylic acids is 2. The third-order valence-corrected chi connectivity index (χ3v) is 4.66. The van der Waals surface area contributed by atoms with E-state index in [9.17, 15) is 14.4 Å². The van der Waals surface area contributed by atoms with Crippen LogP contribution in [0.1, 0.15) is 49.2 Å². The molecule has 6 nitrogen and oxygen atoms in total. The maximum absolute atomic E-state index is 12.7. The van der Waals surface area contributed by atoms with Gasteiger partial charge in [-0.3, -0.25) is 14.4 Å². The second kappa shape index (κ2) is 9.59. The van der Waals surface area contributed by atoms with E-state index < -0.39 is 23.8 Å². The molecule has 0 aromatic heterocycles. The van der Waals surface area contributed by atoms with Crippen molar-refractivity contribution < 1.29 is 19.5 Å². The average Bonchev–Trinajstić information content (AvgIpc) is 2.68. The summed E-state index contributed by atoms with van der Waals surface area (Å²) in [5.41, 5.74) is 1.95. The predicted octanol–water partition coefficient (Wildman–Crippen LogP) is 4.00. The van der Waals surface area contributed by atoms with E-state index in [1.165, 1.54) is 13.0 Å². The number of hydrogen-bond acceptors (Lipinski definition) is 3. The van der Waals surface area contributed by atoms with Crippen molar-refractivity contribution in [2.45, 2.75) is 39.2 Å². The Kier molecular flexibility index (Phi) is 7.40. The zero-order valence-corrected chi connectivity index (χ0v) is 18.1. The minimum Gasteiger partial charge on any atom is -0.480 e. The molecule has 0 saturated heterocycles. The molecule has 2 aromatic carbocycles. The molecule has 0 spiro atoms. The van der Waals surface area contributed by atoms with Gasteiger partial charge >= 0.3 is 5.97 Å². The molecular weight excluding hydrogens is 404 g/mol. The van der Waals surface area contributed by atoms with Crippen LogP contribution in [0.4, 0.5) is 0 Å². The highest BCUT2D eigenvalue weighted by Crippen LogP contribution is 2.22. The molecule has 1 atom stereocenters. The number of hydrogen-bond donors (Lipinski definition) is 3. The van der Waals surface area contributed by atoms with Crippen molar-refractivity contribution in [1.82, 2.24) is 10.6 Å². The van der Waals surface area contributed by atoms with Crippen LogP contribution in [-0.2, 0) is 15.0 Å². The van der Waals surface area contributed by atoms with E-state index >= 15 is 0 Å². The molecule has 0 heterocycles. The number of amides is 2. The molecule has 0 fully saturated rings. The minimum absolute atomic E-state index is 0.0541. The second-order valence-electron chi connectivity index (χ2n) is 7.92. The Morgan fingerprint density at radius 2 is 1.57 bits per heavy atom. The van der Waals surface area contributed by atoms with Crippen molar-refractivity contribution in [3.8, 4) is 0 Å². The van der Waals surface area contributed by atoms with E-state index in [0.717, 1.165) is 5.56 Å². The quantitative estimate of drug-likeness (QED) is 0.606. The summed E-state index contributed by atoms with van der Waals surface area (Å²) >= 11 is 5.89. The van der Waals surface area contributed by atoms with E-state index in [4.69, 9.17) is 16.7 Å². The van der Waals surface area contributed by atoms with Gasteiger partial charge in [0.15, 0.2) is 0 Å². The van der Waals surface area contributed by atoms with Gasteiger partial charge in [-0.1, -0.05) is 56.6 Å². The van der Waals surface area contributed by atoms with Crippen molar-refractivity contribution in [3.63, 3.8) is 0 Å². The molecule has 158 valence electrons. The summed E-state index contributed by atoms with van der Waals surface area (Å²) in [5.74, 6) is -2.37. The van der Waals surface area contributed by atoms with E-state index in [1.54, 1.807) is 36.4 Å². The van der Waals surface area contributed by atoms with Crippen molar-refractivity contribution >= 4 is 35.5 Å². The van der Waals surface area contributed by atoms with Crippen LogP contribution in [0.5, 0.6) is 0 Å². The van der Waals surface area contributed by atoms with Crippen LogP contribution in [0.3, 0.4) is 0 Å². The molecule has 0 aliphatic carbocycles. The summed E-state index contributed by atoms with van der Waals surface area (Å²) in [4.78, 5) is 36.4. The van der Waals surface area contributed by atoms with Gasteiger partial charge in [-0.15, -0.1) is 0 Å². The first-order valence-corrected chi connectivity index (χ1v) is 9.78. The molecule has 0 aliphatic heterocycles. The average molecular weight is 429 g/mol. The first-order valence-electron chi connectivity index (χ1n) is 9.40. The molecule has 2 aromatic rings. The van der Waals surface area contributed by atoms with Gasteiger partial charge in [-0.2, -0.15) is 0 Å². The SMILES string of the molecule is CC(NC(=O)/C(=C\c1ccc(Cl)cc1)NC(=O)c1ccc(C(C)(C)C)cc1)C(=O)O. The second-order valence-corrected chi connectivity index (χ2v) is 8.36. The van der Waals surface area contributed by atoms with Gasteiger partial charge in [0.25, 0.3) is 11.8 Å². The Hall–Kier alpha value is -3.12. The number of halogens is 1. The number of nitrogens with one attached hydrogen (secondary N) is 2. The van der Waals surface area contributed by atoms with Crippen LogP contribution in [0.2, 0.25) is 5.02 Å². The number of carbonyl (C=O) groups is 3. The van der Waals surface area contributed by atoms with Crippen LogP contribution < -0.4 is 10.6 Å². The predicted molar refractivity (Wildman–Crippen MR) is 117 cm³/mol. The van der Waals surface area contributed by atoms with Crippen LogP contribution in [0.25, 0.3) is 6.08 Å². The smallest absolute Gasteiger partial charge is 0.325 e. The van der Waals surface area contributed by atoms with E-state index in [-0.39, 0.29) is 11.1 Å². The van der Waals surface area contributed by atoms with Crippen molar-refractivity contribution in [3.05, 3.63) is 75.9 Å². The van der Waals surface area contributed by atoms with Gasteiger partial charge in [-0.25, -0.2) is 0 Å². The lowest BCUT2D eigenvalue weighted by atomic mass is 9.87. The highest BCUT2D eigenvalue weighted by atomic mass is 35.5. The number of rotatable bonds is 6. The topological polar surface area (TPSA) is 95.5 Å². The van der Waals surface area contributed by atoms with Gasteiger partial charge in [0.05, 0.1) is 0 Å². The van der Waals surface area contributed by atoms with Crippen LogP contribution >= 0.6 is 11.6 Å². The largest absolute Gasteiger partial charge is 0.480 e.